The highest BCUT2D eigenvalue weighted by molar-refractivity contribution is 6.30. The van der Waals surface area contributed by atoms with E-state index in [1.165, 1.54) is 11.1 Å². The van der Waals surface area contributed by atoms with Crippen molar-refractivity contribution in [1.82, 2.24) is 9.88 Å². The van der Waals surface area contributed by atoms with Gasteiger partial charge in [-0.15, -0.1) is 0 Å². The summed E-state index contributed by atoms with van der Waals surface area (Å²) in [4.78, 5) is 9.26. The van der Waals surface area contributed by atoms with Crippen LogP contribution in [0.4, 0.5) is 5.82 Å². The summed E-state index contributed by atoms with van der Waals surface area (Å²) >= 11 is 5.98. The number of aryl methyl sites for hydroxylation is 1. The number of hydrogen-bond donors (Lipinski definition) is 1. The summed E-state index contributed by atoms with van der Waals surface area (Å²) < 4.78 is 0. The first-order valence-corrected chi connectivity index (χ1v) is 8.71. The molecule has 1 unspecified atom stereocenters. The number of nitrogens with zero attached hydrogens (tertiary/aromatic N) is 3. The van der Waals surface area contributed by atoms with Gasteiger partial charge in [0.1, 0.15) is 5.82 Å². The predicted molar refractivity (Wildman–Crippen MR) is 98.4 cm³/mol. The number of likely N-dealkylation sites (N-methyl/N-ethyl adjacent to an activating group) is 1. The summed E-state index contributed by atoms with van der Waals surface area (Å²) in [7, 11) is 2.03. The molecule has 3 rings (SSSR count). The fraction of sp³-hybridized carbons (Fsp3) is 0.421. The Bertz CT molecular complexity index is 690. The number of fused-ring (bicyclic) bond motifs is 1. The summed E-state index contributed by atoms with van der Waals surface area (Å²) in [5.41, 5.74) is 3.45. The van der Waals surface area contributed by atoms with Crippen molar-refractivity contribution in [2.75, 3.05) is 25.1 Å². The molecule has 1 aromatic carbocycles. The molecule has 2 heterocycles. The van der Waals surface area contributed by atoms with Crippen molar-refractivity contribution in [1.29, 1.82) is 0 Å². The van der Waals surface area contributed by atoms with Gasteiger partial charge >= 0.3 is 0 Å². The van der Waals surface area contributed by atoms with Gasteiger partial charge < -0.3 is 10.0 Å². The van der Waals surface area contributed by atoms with Gasteiger partial charge in [-0.25, -0.2) is 4.98 Å². The number of rotatable bonds is 3. The maximum Gasteiger partial charge on any atom is 0.133 e. The molecule has 0 spiro atoms. The lowest BCUT2D eigenvalue weighted by Crippen LogP contribution is -2.41. The molecule has 1 aliphatic rings. The van der Waals surface area contributed by atoms with E-state index in [9.17, 15) is 5.11 Å². The minimum atomic E-state index is 0.0890. The van der Waals surface area contributed by atoms with Crippen LogP contribution in [-0.2, 0) is 13.1 Å². The molecule has 0 radical (unpaired) electrons. The second kappa shape index (κ2) is 7.51. The Balaban J connectivity index is 1.86. The van der Waals surface area contributed by atoms with Gasteiger partial charge in [-0.05, 0) is 37.1 Å². The van der Waals surface area contributed by atoms with E-state index in [-0.39, 0.29) is 12.6 Å². The van der Waals surface area contributed by atoms with Crippen LogP contribution in [0.5, 0.6) is 0 Å². The van der Waals surface area contributed by atoms with Gasteiger partial charge in [0.05, 0.1) is 12.6 Å². The van der Waals surface area contributed by atoms with Crippen LogP contribution >= 0.6 is 11.6 Å². The molecular weight excluding hydrogens is 322 g/mol. The van der Waals surface area contributed by atoms with Crippen LogP contribution in [0.15, 0.2) is 36.4 Å². The third kappa shape index (κ3) is 3.89. The van der Waals surface area contributed by atoms with Crippen LogP contribution < -0.4 is 4.90 Å². The van der Waals surface area contributed by atoms with Crippen molar-refractivity contribution in [2.24, 2.45) is 0 Å². The zero-order valence-corrected chi connectivity index (χ0v) is 15.0. The van der Waals surface area contributed by atoms with Crippen LogP contribution in [0.25, 0.3) is 0 Å². The topological polar surface area (TPSA) is 39.6 Å². The monoisotopic (exact) mass is 345 g/mol. The molecule has 0 aliphatic carbocycles. The van der Waals surface area contributed by atoms with Gasteiger partial charge in [-0.2, -0.15) is 0 Å². The fourth-order valence-electron chi connectivity index (χ4n) is 3.22. The highest BCUT2D eigenvalue weighted by Crippen LogP contribution is 2.26. The standard InChI is InChI=1S/C19H24ClN3O/c1-14-3-6-16-12-23(11-15-4-7-17(20)8-5-15)10-9-18(13-24)22(2)19(16)21-14/h3-8,18,24H,9-13H2,1-2H3. The molecule has 5 heteroatoms. The normalized spacial score (nSPS) is 18.8. The minimum absolute atomic E-state index is 0.0890. The molecule has 24 heavy (non-hydrogen) atoms. The van der Waals surface area contributed by atoms with Gasteiger partial charge in [0.25, 0.3) is 0 Å². The highest BCUT2D eigenvalue weighted by atomic mass is 35.5. The van der Waals surface area contributed by atoms with E-state index in [1.807, 2.05) is 26.1 Å². The molecule has 0 saturated carbocycles. The Kier molecular flexibility index (Phi) is 5.39. The zero-order chi connectivity index (χ0) is 17.1. The van der Waals surface area contributed by atoms with Gasteiger partial charge in [0.2, 0.25) is 0 Å². The summed E-state index contributed by atoms with van der Waals surface area (Å²) in [6, 6.07) is 12.3. The Hall–Kier alpha value is -1.62. The summed E-state index contributed by atoms with van der Waals surface area (Å²) in [6.07, 6.45) is 0.912. The minimum Gasteiger partial charge on any atom is -0.394 e. The van der Waals surface area contributed by atoms with Gasteiger partial charge in [0, 0.05) is 43.0 Å². The number of aromatic nitrogens is 1. The molecule has 1 atom stereocenters. The molecule has 0 bridgehead atoms. The Morgan fingerprint density at radius 3 is 2.67 bits per heavy atom. The molecule has 0 saturated heterocycles. The number of pyridine rings is 1. The predicted octanol–water partition coefficient (Wildman–Crippen LogP) is 3.25. The lowest BCUT2D eigenvalue weighted by Gasteiger charge is -2.35. The Morgan fingerprint density at radius 2 is 1.96 bits per heavy atom. The number of hydrogen-bond acceptors (Lipinski definition) is 4. The molecule has 0 amide bonds. The Labute approximate surface area is 148 Å². The number of anilines is 1. The lowest BCUT2D eigenvalue weighted by atomic mass is 10.1. The molecular formula is C19H24ClN3O. The van der Waals surface area contributed by atoms with E-state index in [0.717, 1.165) is 42.6 Å². The van der Waals surface area contributed by atoms with Gasteiger partial charge in [0.15, 0.2) is 0 Å². The fourth-order valence-corrected chi connectivity index (χ4v) is 3.34. The third-order valence-corrected chi connectivity index (χ3v) is 4.93. The van der Waals surface area contributed by atoms with Crippen LogP contribution in [0, 0.1) is 6.92 Å². The molecule has 0 fully saturated rings. The van der Waals surface area contributed by atoms with E-state index < -0.39 is 0 Å². The van der Waals surface area contributed by atoms with Crippen LogP contribution in [0.2, 0.25) is 5.02 Å². The average Bonchev–Trinajstić information content (AvgIpc) is 2.57. The first kappa shape index (κ1) is 17.2. The van der Waals surface area contributed by atoms with Crippen molar-refractivity contribution in [3.05, 3.63) is 58.2 Å². The second-order valence-corrected chi connectivity index (χ2v) is 6.94. The van der Waals surface area contributed by atoms with Crippen molar-refractivity contribution in [2.45, 2.75) is 32.5 Å². The molecule has 2 aromatic rings. The number of halogens is 1. The number of aliphatic hydroxyl groups is 1. The molecule has 1 N–H and O–H groups in total. The van der Waals surface area contributed by atoms with Gasteiger partial charge in [-0.1, -0.05) is 29.8 Å². The van der Waals surface area contributed by atoms with Crippen molar-refractivity contribution in [3.8, 4) is 0 Å². The van der Waals surface area contributed by atoms with Crippen molar-refractivity contribution < 1.29 is 5.11 Å². The largest absolute Gasteiger partial charge is 0.394 e. The lowest BCUT2D eigenvalue weighted by molar-refractivity contribution is 0.205. The first-order chi connectivity index (χ1) is 11.6. The Morgan fingerprint density at radius 1 is 1.21 bits per heavy atom. The highest BCUT2D eigenvalue weighted by Gasteiger charge is 2.24. The second-order valence-electron chi connectivity index (χ2n) is 6.51. The summed E-state index contributed by atoms with van der Waals surface area (Å²) in [6.45, 7) is 4.80. The first-order valence-electron chi connectivity index (χ1n) is 8.34. The van der Waals surface area contributed by atoms with E-state index in [4.69, 9.17) is 16.6 Å². The smallest absolute Gasteiger partial charge is 0.133 e. The van der Waals surface area contributed by atoms with Gasteiger partial charge in [-0.3, -0.25) is 4.90 Å². The molecule has 128 valence electrons. The maximum atomic E-state index is 9.78. The quantitative estimate of drug-likeness (QED) is 0.927. The van der Waals surface area contributed by atoms with E-state index >= 15 is 0 Å². The van der Waals surface area contributed by atoms with Crippen molar-refractivity contribution in [3.63, 3.8) is 0 Å². The molecule has 4 nitrogen and oxygen atoms in total. The summed E-state index contributed by atoms with van der Waals surface area (Å²) in [5.74, 6) is 0.981. The third-order valence-electron chi connectivity index (χ3n) is 4.68. The number of aliphatic hydroxyl groups excluding tert-OH is 1. The molecule has 1 aromatic heterocycles. The van der Waals surface area contributed by atoms with Crippen LogP contribution in [0.3, 0.4) is 0 Å². The van der Waals surface area contributed by atoms with Crippen molar-refractivity contribution >= 4 is 17.4 Å². The maximum absolute atomic E-state index is 9.78. The zero-order valence-electron chi connectivity index (χ0n) is 14.2. The van der Waals surface area contributed by atoms with Crippen LogP contribution in [0.1, 0.15) is 23.2 Å². The number of benzene rings is 1. The SMILES string of the molecule is Cc1ccc2c(n1)N(C)C(CO)CCN(Cc1ccc(Cl)cc1)C2. The molecule has 1 aliphatic heterocycles. The van der Waals surface area contributed by atoms with E-state index in [1.54, 1.807) is 0 Å². The average molecular weight is 346 g/mol. The van der Waals surface area contributed by atoms with Crippen LogP contribution in [-0.4, -0.2) is 41.2 Å². The van der Waals surface area contributed by atoms with E-state index in [2.05, 4.69) is 34.1 Å². The summed E-state index contributed by atoms with van der Waals surface area (Å²) in [5, 5.41) is 10.5. The van der Waals surface area contributed by atoms with E-state index in [0.29, 0.717) is 0 Å².